The van der Waals surface area contributed by atoms with E-state index in [2.05, 4.69) is 5.32 Å². The number of hydrogen-bond donors (Lipinski definition) is 5. The van der Waals surface area contributed by atoms with Crippen LogP contribution < -0.4 is 5.32 Å². The molecule has 0 aliphatic heterocycles. The van der Waals surface area contributed by atoms with E-state index in [0.29, 0.717) is 12.8 Å². The van der Waals surface area contributed by atoms with Crippen LogP contribution in [0.1, 0.15) is 47.4 Å². The summed E-state index contributed by atoms with van der Waals surface area (Å²) in [4.78, 5) is 38.6. The largest absolute Gasteiger partial charge is 0.504 e. The Labute approximate surface area is 185 Å². The van der Waals surface area contributed by atoms with Crippen molar-refractivity contribution in [2.24, 2.45) is 5.92 Å². The highest BCUT2D eigenvalue weighted by Crippen LogP contribution is 2.29. The summed E-state index contributed by atoms with van der Waals surface area (Å²) in [6.07, 6.45) is 0.917. The lowest BCUT2D eigenvalue weighted by atomic mass is 10.1. The van der Waals surface area contributed by atoms with Crippen LogP contribution in [-0.2, 0) is 4.79 Å². The van der Waals surface area contributed by atoms with Crippen LogP contribution >= 0.6 is 0 Å². The van der Waals surface area contributed by atoms with E-state index in [4.69, 9.17) is 0 Å². The molecule has 0 saturated heterocycles. The van der Waals surface area contributed by atoms with E-state index in [0.717, 1.165) is 0 Å². The van der Waals surface area contributed by atoms with Crippen molar-refractivity contribution in [2.45, 2.75) is 26.7 Å². The smallest absolute Gasteiger partial charge is 0.258 e. The average Bonchev–Trinajstić information content (AvgIpc) is 2.75. The van der Waals surface area contributed by atoms with Gasteiger partial charge in [0, 0.05) is 19.0 Å². The van der Waals surface area contributed by atoms with Crippen LogP contribution in [0.25, 0.3) is 0 Å². The second-order valence-corrected chi connectivity index (χ2v) is 7.66. The van der Waals surface area contributed by atoms with Gasteiger partial charge in [-0.2, -0.15) is 0 Å². The van der Waals surface area contributed by atoms with Crippen LogP contribution in [-0.4, -0.2) is 62.6 Å². The summed E-state index contributed by atoms with van der Waals surface area (Å²) in [5.41, 5.74) is -0.155. The maximum absolute atomic E-state index is 12.9. The summed E-state index contributed by atoms with van der Waals surface area (Å²) in [6.45, 7) is 3.74. The number of nitrogens with one attached hydrogen (secondary N) is 1. The highest BCUT2D eigenvalue weighted by Gasteiger charge is 2.23. The summed E-state index contributed by atoms with van der Waals surface area (Å²) in [6, 6.07) is 8.13. The number of ketones is 1. The number of aromatic hydroxyl groups is 4. The number of unbranched alkanes of at least 4 members (excludes halogenated alkanes) is 1. The number of carbonyl (C=O) groups is 3. The number of rotatable bonds is 10. The molecule has 32 heavy (non-hydrogen) atoms. The Morgan fingerprint density at radius 2 is 1.44 bits per heavy atom. The fraction of sp³-hybridized carbons (Fsp3) is 0.348. The molecule has 0 spiro atoms. The zero-order valence-electron chi connectivity index (χ0n) is 18.0. The Bertz CT molecular complexity index is 988. The third-order valence-electron chi connectivity index (χ3n) is 4.92. The summed E-state index contributed by atoms with van der Waals surface area (Å²) < 4.78 is 0. The van der Waals surface area contributed by atoms with E-state index in [1.165, 1.54) is 41.3 Å². The van der Waals surface area contributed by atoms with Gasteiger partial charge in [-0.25, -0.2) is 0 Å². The number of phenols is 4. The molecule has 0 aliphatic carbocycles. The normalized spacial score (nSPS) is 10.7. The van der Waals surface area contributed by atoms with E-state index in [1.54, 1.807) is 13.8 Å². The van der Waals surface area contributed by atoms with Crippen molar-refractivity contribution >= 4 is 17.6 Å². The monoisotopic (exact) mass is 444 g/mol. The minimum absolute atomic E-state index is 0.0521. The lowest BCUT2D eigenvalue weighted by Gasteiger charge is -2.23. The van der Waals surface area contributed by atoms with Crippen LogP contribution in [0, 0.1) is 5.92 Å². The topological polar surface area (TPSA) is 147 Å². The van der Waals surface area contributed by atoms with Gasteiger partial charge >= 0.3 is 0 Å². The predicted molar refractivity (Wildman–Crippen MR) is 117 cm³/mol. The minimum Gasteiger partial charge on any atom is -0.504 e. The Balaban J connectivity index is 1.97. The first-order valence-corrected chi connectivity index (χ1v) is 10.3. The zero-order valence-corrected chi connectivity index (χ0v) is 18.0. The van der Waals surface area contributed by atoms with Gasteiger partial charge in [-0.3, -0.25) is 14.4 Å². The Morgan fingerprint density at radius 1 is 0.875 bits per heavy atom. The van der Waals surface area contributed by atoms with Gasteiger partial charge in [-0.05, 0) is 37.1 Å². The molecule has 2 aromatic rings. The number of hydrogen-bond acceptors (Lipinski definition) is 7. The van der Waals surface area contributed by atoms with Gasteiger partial charge in [-0.1, -0.05) is 26.0 Å². The predicted octanol–water partition coefficient (Wildman–Crippen LogP) is 2.39. The SMILES string of the molecule is CC(C)C(=O)CN(CCCCNC(=O)c1cccc(O)c1O)C(=O)c1cccc(O)c1O. The van der Waals surface area contributed by atoms with Crippen LogP contribution in [0.15, 0.2) is 36.4 Å². The Hall–Kier alpha value is -3.75. The number of Topliss-reactive ketones (excluding diaryl/α,β-unsaturated/α-hetero) is 1. The van der Waals surface area contributed by atoms with E-state index < -0.39 is 34.8 Å². The quantitative estimate of drug-likeness (QED) is 0.279. The van der Waals surface area contributed by atoms with Gasteiger partial charge in [0.25, 0.3) is 11.8 Å². The highest BCUT2D eigenvalue weighted by atomic mass is 16.3. The van der Waals surface area contributed by atoms with E-state index >= 15 is 0 Å². The molecular weight excluding hydrogens is 416 g/mol. The Morgan fingerprint density at radius 3 is 2.03 bits per heavy atom. The second-order valence-electron chi connectivity index (χ2n) is 7.66. The minimum atomic E-state index is -0.582. The molecule has 0 saturated carbocycles. The molecular formula is C23H28N2O7. The van der Waals surface area contributed by atoms with Crippen molar-refractivity contribution in [1.82, 2.24) is 10.2 Å². The van der Waals surface area contributed by atoms with Gasteiger partial charge in [0.05, 0.1) is 17.7 Å². The molecule has 2 amide bonds. The molecule has 0 aromatic heterocycles. The third-order valence-corrected chi connectivity index (χ3v) is 4.92. The fourth-order valence-corrected chi connectivity index (χ4v) is 2.94. The van der Waals surface area contributed by atoms with Gasteiger partial charge < -0.3 is 30.6 Å². The average molecular weight is 444 g/mol. The molecule has 0 heterocycles. The molecule has 5 N–H and O–H groups in total. The third kappa shape index (κ3) is 6.13. The molecule has 0 bridgehead atoms. The number of para-hydroxylation sites is 2. The maximum Gasteiger partial charge on any atom is 0.258 e. The lowest BCUT2D eigenvalue weighted by Crippen LogP contribution is -2.38. The van der Waals surface area contributed by atoms with Crippen molar-refractivity contribution < 1.29 is 34.8 Å². The van der Waals surface area contributed by atoms with Crippen molar-refractivity contribution in [3.8, 4) is 23.0 Å². The van der Waals surface area contributed by atoms with Gasteiger partial charge in [0.2, 0.25) is 0 Å². The molecule has 0 atom stereocenters. The first kappa shape index (κ1) is 24.5. The zero-order chi connectivity index (χ0) is 23.8. The molecule has 9 heteroatoms. The number of amides is 2. The number of benzene rings is 2. The van der Waals surface area contributed by atoms with Gasteiger partial charge in [0.15, 0.2) is 28.8 Å². The second kappa shape index (κ2) is 11.0. The van der Waals surface area contributed by atoms with Crippen molar-refractivity contribution in [2.75, 3.05) is 19.6 Å². The first-order chi connectivity index (χ1) is 15.1. The molecule has 9 nitrogen and oxygen atoms in total. The van der Waals surface area contributed by atoms with E-state index in [-0.39, 0.29) is 42.5 Å². The number of phenolic OH excluding ortho intramolecular Hbond substituents is 4. The molecule has 0 radical (unpaired) electrons. The first-order valence-electron chi connectivity index (χ1n) is 10.3. The Kier molecular flexibility index (Phi) is 8.46. The molecule has 2 aromatic carbocycles. The lowest BCUT2D eigenvalue weighted by molar-refractivity contribution is -0.122. The van der Waals surface area contributed by atoms with Crippen LogP contribution in [0.4, 0.5) is 0 Å². The van der Waals surface area contributed by atoms with Crippen molar-refractivity contribution in [3.05, 3.63) is 47.5 Å². The maximum atomic E-state index is 12.9. The van der Waals surface area contributed by atoms with E-state index in [9.17, 15) is 34.8 Å². The molecule has 172 valence electrons. The molecule has 0 unspecified atom stereocenters. The van der Waals surface area contributed by atoms with Crippen molar-refractivity contribution in [3.63, 3.8) is 0 Å². The number of nitrogens with zero attached hydrogens (tertiary/aromatic N) is 1. The summed E-state index contributed by atoms with van der Waals surface area (Å²) in [7, 11) is 0. The van der Waals surface area contributed by atoms with E-state index in [1.807, 2.05) is 0 Å². The highest BCUT2D eigenvalue weighted by molar-refractivity contribution is 6.00. The number of carbonyl (C=O) groups excluding carboxylic acids is 3. The summed E-state index contributed by atoms with van der Waals surface area (Å²) in [5, 5.41) is 41.5. The van der Waals surface area contributed by atoms with Gasteiger partial charge in [-0.15, -0.1) is 0 Å². The standard InChI is InChI=1S/C23H28N2O7/c1-14(2)19(28)13-25(23(32)16-8-6-10-18(27)21(16)30)12-4-3-11-24-22(31)15-7-5-9-17(26)20(15)29/h5-10,14,26-27,29-30H,3-4,11-13H2,1-2H3,(H,24,31). The summed E-state index contributed by atoms with van der Waals surface area (Å²) >= 11 is 0. The molecule has 0 fully saturated rings. The van der Waals surface area contributed by atoms with Gasteiger partial charge in [0.1, 0.15) is 0 Å². The van der Waals surface area contributed by atoms with Crippen molar-refractivity contribution in [1.29, 1.82) is 0 Å². The van der Waals surface area contributed by atoms with Crippen LogP contribution in [0.2, 0.25) is 0 Å². The fourth-order valence-electron chi connectivity index (χ4n) is 2.94. The van der Waals surface area contributed by atoms with Crippen LogP contribution in [0.5, 0.6) is 23.0 Å². The summed E-state index contributed by atoms with van der Waals surface area (Å²) in [5.74, 6) is -3.42. The molecule has 0 aliphatic rings. The van der Waals surface area contributed by atoms with Crippen LogP contribution in [0.3, 0.4) is 0 Å². The molecule has 2 rings (SSSR count).